The zero-order chi connectivity index (χ0) is 11.4. The van der Waals surface area contributed by atoms with Crippen molar-refractivity contribution in [1.29, 1.82) is 0 Å². The molecule has 4 heteroatoms. The first-order chi connectivity index (χ1) is 7.79. The molecule has 1 fully saturated rings. The molecule has 2 heterocycles. The van der Waals surface area contributed by atoms with Crippen LogP contribution in [-0.2, 0) is 11.3 Å². The summed E-state index contributed by atoms with van der Waals surface area (Å²) in [6.07, 6.45) is 7.22. The highest BCUT2D eigenvalue weighted by Gasteiger charge is 2.30. The van der Waals surface area contributed by atoms with Crippen molar-refractivity contribution in [3.05, 3.63) is 30.9 Å². The zero-order valence-corrected chi connectivity index (χ0v) is 9.65. The standard InChI is InChI=1S/C12H19N3O/c1-3-10-4-9(2)16-12(10)7-13-5-11-6-14-8-15-11/h3,6,8-10,12-13H,1,4-5,7H2,2H3,(H,14,15). The summed E-state index contributed by atoms with van der Waals surface area (Å²) in [6.45, 7) is 7.64. The number of nitrogens with one attached hydrogen (secondary N) is 2. The van der Waals surface area contributed by atoms with Crippen molar-refractivity contribution >= 4 is 0 Å². The Bertz CT molecular complexity index is 323. The molecule has 3 atom stereocenters. The minimum Gasteiger partial charge on any atom is -0.373 e. The Kier molecular flexibility index (Phi) is 3.74. The molecular formula is C12H19N3O. The van der Waals surface area contributed by atoms with Crippen LogP contribution in [0.15, 0.2) is 25.2 Å². The van der Waals surface area contributed by atoms with Gasteiger partial charge in [0.15, 0.2) is 0 Å². The van der Waals surface area contributed by atoms with Crippen LogP contribution in [-0.4, -0.2) is 28.7 Å². The van der Waals surface area contributed by atoms with Gasteiger partial charge in [0.1, 0.15) is 0 Å². The van der Waals surface area contributed by atoms with Crippen LogP contribution in [0, 0.1) is 5.92 Å². The van der Waals surface area contributed by atoms with Crippen LogP contribution in [0.25, 0.3) is 0 Å². The van der Waals surface area contributed by atoms with Gasteiger partial charge in [0.05, 0.1) is 18.5 Å². The first-order valence-corrected chi connectivity index (χ1v) is 5.75. The van der Waals surface area contributed by atoms with Crippen LogP contribution in [0.4, 0.5) is 0 Å². The summed E-state index contributed by atoms with van der Waals surface area (Å²) in [5.41, 5.74) is 1.10. The molecule has 0 radical (unpaired) electrons. The third-order valence-electron chi connectivity index (χ3n) is 3.01. The summed E-state index contributed by atoms with van der Waals surface area (Å²) in [6, 6.07) is 0. The van der Waals surface area contributed by atoms with Gasteiger partial charge in [0.25, 0.3) is 0 Å². The summed E-state index contributed by atoms with van der Waals surface area (Å²) in [5, 5.41) is 3.37. The smallest absolute Gasteiger partial charge is 0.0922 e. The van der Waals surface area contributed by atoms with E-state index in [1.165, 1.54) is 0 Å². The van der Waals surface area contributed by atoms with Crippen LogP contribution in [0.5, 0.6) is 0 Å². The SMILES string of the molecule is C=CC1CC(C)OC1CNCc1cnc[nH]1. The number of rotatable bonds is 5. The Morgan fingerprint density at radius 1 is 1.75 bits per heavy atom. The summed E-state index contributed by atoms with van der Waals surface area (Å²) in [4.78, 5) is 7.03. The van der Waals surface area contributed by atoms with Gasteiger partial charge in [-0.1, -0.05) is 6.08 Å². The fourth-order valence-corrected chi connectivity index (χ4v) is 2.17. The first-order valence-electron chi connectivity index (χ1n) is 5.75. The summed E-state index contributed by atoms with van der Waals surface area (Å²) >= 11 is 0. The van der Waals surface area contributed by atoms with E-state index in [0.717, 1.165) is 25.2 Å². The lowest BCUT2D eigenvalue weighted by Gasteiger charge is -2.15. The second-order valence-electron chi connectivity index (χ2n) is 4.33. The molecule has 88 valence electrons. The highest BCUT2D eigenvalue weighted by molar-refractivity contribution is 4.95. The Hall–Kier alpha value is -1.13. The van der Waals surface area contributed by atoms with Gasteiger partial charge < -0.3 is 15.0 Å². The second kappa shape index (κ2) is 5.27. The molecular weight excluding hydrogens is 202 g/mol. The van der Waals surface area contributed by atoms with Crippen LogP contribution in [0.3, 0.4) is 0 Å². The molecule has 0 saturated carbocycles. The zero-order valence-electron chi connectivity index (χ0n) is 9.65. The average molecular weight is 221 g/mol. The maximum Gasteiger partial charge on any atom is 0.0922 e. The normalized spacial score (nSPS) is 29.4. The van der Waals surface area contributed by atoms with Gasteiger partial charge >= 0.3 is 0 Å². The molecule has 16 heavy (non-hydrogen) atoms. The largest absolute Gasteiger partial charge is 0.373 e. The second-order valence-corrected chi connectivity index (χ2v) is 4.33. The van der Waals surface area contributed by atoms with E-state index in [2.05, 4.69) is 28.8 Å². The van der Waals surface area contributed by atoms with Gasteiger partial charge in [-0.25, -0.2) is 4.98 Å². The highest BCUT2D eigenvalue weighted by atomic mass is 16.5. The van der Waals surface area contributed by atoms with E-state index in [9.17, 15) is 0 Å². The molecule has 1 aliphatic rings. The summed E-state index contributed by atoms with van der Waals surface area (Å²) in [7, 11) is 0. The van der Waals surface area contributed by atoms with E-state index in [-0.39, 0.29) is 6.10 Å². The Balaban J connectivity index is 1.75. The predicted octanol–water partition coefficient (Wildman–Crippen LogP) is 1.48. The third kappa shape index (κ3) is 2.71. The van der Waals surface area contributed by atoms with Crippen molar-refractivity contribution in [3.63, 3.8) is 0 Å². The minimum absolute atomic E-state index is 0.260. The molecule has 0 aliphatic carbocycles. The molecule has 1 aliphatic heterocycles. The quantitative estimate of drug-likeness (QED) is 0.740. The van der Waals surface area contributed by atoms with E-state index in [0.29, 0.717) is 12.0 Å². The molecule has 1 saturated heterocycles. The fourth-order valence-electron chi connectivity index (χ4n) is 2.17. The first kappa shape index (κ1) is 11.4. The Labute approximate surface area is 96.1 Å². The lowest BCUT2D eigenvalue weighted by Crippen LogP contribution is -2.30. The van der Waals surface area contributed by atoms with Gasteiger partial charge in [-0.15, -0.1) is 6.58 Å². The van der Waals surface area contributed by atoms with E-state index in [1.54, 1.807) is 6.33 Å². The van der Waals surface area contributed by atoms with Gasteiger partial charge in [-0.3, -0.25) is 0 Å². The average Bonchev–Trinajstić information content (AvgIpc) is 2.88. The van der Waals surface area contributed by atoms with E-state index in [4.69, 9.17) is 4.74 Å². The fraction of sp³-hybridized carbons (Fsp3) is 0.583. The molecule has 2 N–H and O–H groups in total. The number of hydrogen-bond acceptors (Lipinski definition) is 3. The van der Waals surface area contributed by atoms with E-state index < -0.39 is 0 Å². The number of nitrogens with zero attached hydrogens (tertiary/aromatic N) is 1. The predicted molar refractivity (Wildman–Crippen MR) is 62.9 cm³/mol. The molecule has 0 aromatic carbocycles. The number of hydrogen-bond donors (Lipinski definition) is 2. The number of aromatic amines is 1. The van der Waals surface area contributed by atoms with Crippen LogP contribution in [0.1, 0.15) is 19.0 Å². The van der Waals surface area contributed by atoms with Crippen molar-refractivity contribution in [2.75, 3.05) is 6.54 Å². The van der Waals surface area contributed by atoms with Crippen molar-refractivity contribution in [1.82, 2.24) is 15.3 Å². The van der Waals surface area contributed by atoms with Gasteiger partial charge in [0, 0.05) is 30.9 Å². The third-order valence-corrected chi connectivity index (χ3v) is 3.01. The lowest BCUT2D eigenvalue weighted by atomic mass is 10.00. The molecule has 0 bridgehead atoms. The Morgan fingerprint density at radius 2 is 2.62 bits per heavy atom. The lowest BCUT2D eigenvalue weighted by molar-refractivity contribution is 0.0488. The number of imidazole rings is 1. The summed E-state index contributed by atoms with van der Waals surface area (Å²) < 4.78 is 5.82. The number of H-pyrrole nitrogens is 1. The van der Waals surface area contributed by atoms with E-state index in [1.807, 2.05) is 12.3 Å². The topological polar surface area (TPSA) is 49.9 Å². The van der Waals surface area contributed by atoms with Crippen LogP contribution in [0.2, 0.25) is 0 Å². The minimum atomic E-state index is 0.260. The maximum absolute atomic E-state index is 5.82. The van der Waals surface area contributed by atoms with Crippen molar-refractivity contribution in [2.45, 2.75) is 32.1 Å². The molecule has 0 amide bonds. The number of ether oxygens (including phenoxy) is 1. The number of aromatic nitrogens is 2. The maximum atomic E-state index is 5.82. The monoisotopic (exact) mass is 221 g/mol. The molecule has 1 aromatic rings. The van der Waals surface area contributed by atoms with Crippen molar-refractivity contribution < 1.29 is 4.74 Å². The van der Waals surface area contributed by atoms with Crippen LogP contribution >= 0.6 is 0 Å². The molecule has 1 aromatic heterocycles. The van der Waals surface area contributed by atoms with Gasteiger partial charge in [0.2, 0.25) is 0 Å². The highest BCUT2D eigenvalue weighted by Crippen LogP contribution is 2.26. The molecule has 4 nitrogen and oxygen atoms in total. The van der Waals surface area contributed by atoms with Crippen molar-refractivity contribution in [3.8, 4) is 0 Å². The van der Waals surface area contributed by atoms with Gasteiger partial charge in [-0.2, -0.15) is 0 Å². The summed E-state index contributed by atoms with van der Waals surface area (Å²) in [5.74, 6) is 0.476. The van der Waals surface area contributed by atoms with Crippen LogP contribution < -0.4 is 5.32 Å². The van der Waals surface area contributed by atoms with Crippen molar-refractivity contribution in [2.24, 2.45) is 5.92 Å². The Morgan fingerprint density at radius 3 is 3.31 bits per heavy atom. The molecule has 2 rings (SSSR count). The molecule has 3 unspecified atom stereocenters. The van der Waals surface area contributed by atoms with E-state index >= 15 is 0 Å². The van der Waals surface area contributed by atoms with Gasteiger partial charge in [-0.05, 0) is 13.3 Å². The molecule has 0 spiro atoms.